The molecule has 0 spiro atoms. The van der Waals surface area contributed by atoms with Crippen molar-refractivity contribution in [1.82, 2.24) is 5.32 Å². The van der Waals surface area contributed by atoms with Gasteiger partial charge in [0.15, 0.2) is 0 Å². The van der Waals surface area contributed by atoms with Crippen LogP contribution in [-0.2, 0) is 6.42 Å². The first-order chi connectivity index (χ1) is 8.13. The first kappa shape index (κ1) is 11.2. The van der Waals surface area contributed by atoms with Gasteiger partial charge in [-0.1, -0.05) is 12.1 Å². The van der Waals surface area contributed by atoms with E-state index in [4.69, 9.17) is 0 Å². The van der Waals surface area contributed by atoms with Crippen molar-refractivity contribution in [3.8, 4) is 0 Å². The number of aliphatic hydroxyl groups is 1. The van der Waals surface area contributed by atoms with Crippen LogP contribution in [0.15, 0.2) is 24.3 Å². The van der Waals surface area contributed by atoms with Crippen LogP contribution >= 0.6 is 0 Å². The third-order valence-corrected chi connectivity index (χ3v) is 4.01. The summed E-state index contributed by atoms with van der Waals surface area (Å²) in [5.74, 6) is -0.219. The van der Waals surface area contributed by atoms with Crippen molar-refractivity contribution < 1.29 is 9.50 Å². The van der Waals surface area contributed by atoms with Crippen LogP contribution in [0.5, 0.6) is 0 Å². The maximum atomic E-state index is 13.1. The maximum Gasteiger partial charge on any atom is 0.123 e. The molecule has 17 heavy (non-hydrogen) atoms. The number of halogens is 1. The average Bonchev–Trinajstić information content (AvgIpc) is 2.58. The molecule has 0 saturated carbocycles. The Kier molecular flexibility index (Phi) is 2.68. The summed E-state index contributed by atoms with van der Waals surface area (Å²) in [6.45, 7) is 0. The van der Waals surface area contributed by atoms with Crippen molar-refractivity contribution in [1.29, 1.82) is 0 Å². The minimum atomic E-state index is -0.648. The predicted octanol–water partition coefficient (Wildman–Crippen LogP) is 2.01. The van der Waals surface area contributed by atoms with Gasteiger partial charge in [0.2, 0.25) is 0 Å². The minimum absolute atomic E-state index is 0.219. The summed E-state index contributed by atoms with van der Waals surface area (Å²) in [5.41, 5.74) is 0.249. The molecule has 2 aliphatic heterocycles. The van der Waals surface area contributed by atoms with Crippen LogP contribution in [-0.4, -0.2) is 22.8 Å². The van der Waals surface area contributed by atoms with E-state index in [2.05, 4.69) is 5.32 Å². The molecule has 1 aromatic rings. The lowest BCUT2D eigenvalue weighted by molar-refractivity contribution is -0.00612. The molecule has 2 aliphatic rings. The third kappa shape index (κ3) is 2.35. The molecule has 2 unspecified atom stereocenters. The highest BCUT2D eigenvalue weighted by Gasteiger charge is 2.42. The molecule has 2 fully saturated rings. The van der Waals surface area contributed by atoms with Crippen LogP contribution in [0.25, 0.3) is 0 Å². The summed E-state index contributed by atoms with van der Waals surface area (Å²) >= 11 is 0. The zero-order valence-corrected chi connectivity index (χ0v) is 9.82. The molecule has 3 rings (SSSR count). The van der Waals surface area contributed by atoms with Crippen LogP contribution in [0.1, 0.15) is 31.2 Å². The molecule has 2 nitrogen and oxygen atoms in total. The molecule has 2 saturated heterocycles. The Morgan fingerprint density at radius 2 is 2.00 bits per heavy atom. The minimum Gasteiger partial charge on any atom is -0.389 e. The average molecular weight is 235 g/mol. The quantitative estimate of drug-likeness (QED) is 0.822. The second-order valence-electron chi connectivity index (χ2n) is 5.58. The van der Waals surface area contributed by atoms with Crippen molar-refractivity contribution in [2.24, 2.45) is 0 Å². The molecule has 0 aliphatic carbocycles. The summed E-state index contributed by atoms with van der Waals surface area (Å²) in [6, 6.07) is 7.48. The Hall–Kier alpha value is -0.930. The number of rotatable bonds is 2. The van der Waals surface area contributed by atoms with Crippen LogP contribution in [0.2, 0.25) is 0 Å². The molecule has 2 N–H and O–H groups in total. The zero-order valence-electron chi connectivity index (χ0n) is 9.82. The standard InChI is InChI=1S/C14H18FNO/c15-11-3-1-2-10(6-11)7-14(17)8-12-4-5-13(9-14)16-12/h1-3,6,12-13,16-17H,4-5,7-9H2. The second kappa shape index (κ2) is 4.07. The van der Waals surface area contributed by atoms with Crippen LogP contribution < -0.4 is 5.32 Å². The van der Waals surface area contributed by atoms with Gasteiger partial charge in [-0.3, -0.25) is 0 Å². The van der Waals surface area contributed by atoms with E-state index in [9.17, 15) is 9.50 Å². The van der Waals surface area contributed by atoms with E-state index in [-0.39, 0.29) is 5.82 Å². The molecule has 92 valence electrons. The summed E-state index contributed by atoms with van der Waals surface area (Å²) in [7, 11) is 0. The SMILES string of the molecule is OC1(Cc2cccc(F)c2)CC2CCC(C1)N2. The second-order valence-corrected chi connectivity index (χ2v) is 5.58. The van der Waals surface area contributed by atoms with E-state index < -0.39 is 5.60 Å². The van der Waals surface area contributed by atoms with Gasteiger partial charge in [-0.15, -0.1) is 0 Å². The molecule has 0 radical (unpaired) electrons. The molecule has 2 heterocycles. The van der Waals surface area contributed by atoms with Crippen molar-refractivity contribution in [3.05, 3.63) is 35.6 Å². The summed E-state index contributed by atoms with van der Waals surface area (Å²) in [5, 5.41) is 14.1. The first-order valence-corrected chi connectivity index (χ1v) is 6.36. The number of hydrogen-bond donors (Lipinski definition) is 2. The summed E-state index contributed by atoms with van der Waals surface area (Å²) in [6.07, 6.45) is 4.48. The van der Waals surface area contributed by atoms with E-state index in [1.54, 1.807) is 6.07 Å². The van der Waals surface area contributed by atoms with Gasteiger partial charge in [-0.25, -0.2) is 4.39 Å². The Labute approximate surface area is 101 Å². The molecule has 0 aromatic heterocycles. The van der Waals surface area contributed by atoms with E-state index in [1.807, 2.05) is 6.07 Å². The Morgan fingerprint density at radius 1 is 1.29 bits per heavy atom. The van der Waals surface area contributed by atoms with Crippen molar-refractivity contribution in [2.45, 2.75) is 49.8 Å². The Bertz CT molecular complexity index is 408. The molecule has 1 aromatic carbocycles. The van der Waals surface area contributed by atoms with E-state index in [0.717, 1.165) is 31.2 Å². The Balaban J connectivity index is 1.76. The van der Waals surface area contributed by atoms with Gasteiger partial charge in [0.1, 0.15) is 5.82 Å². The van der Waals surface area contributed by atoms with Gasteiger partial charge in [0, 0.05) is 18.5 Å². The van der Waals surface area contributed by atoms with Crippen LogP contribution in [0, 0.1) is 5.82 Å². The van der Waals surface area contributed by atoms with Crippen LogP contribution in [0.4, 0.5) is 4.39 Å². The molecule has 0 amide bonds. The molecule has 2 bridgehead atoms. The molecule has 3 heteroatoms. The number of piperidine rings is 1. The smallest absolute Gasteiger partial charge is 0.123 e. The summed E-state index contributed by atoms with van der Waals surface area (Å²) < 4.78 is 13.1. The zero-order chi connectivity index (χ0) is 11.9. The highest BCUT2D eigenvalue weighted by atomic mass is 19.1. The van der Waals surface area contributed by atoms with Crippen molar-refractivity contribution >= 4 is 0 Å². The van der Waals surface area contributed by atoms with E-state index in [1.165, 1.54) is 12.1 Å². The van der Waals surface area contributed by atoms with Gasteiger partial charge in [-0.2, -0.15) is 0 Å². The summed E-state index contributed by atoms with van der Waals surface area (Å²) in [4.78, 5) is 0. The van der Waals surface area contributed by atoms with Gasteiger partial charge in [0.25, 0.3) is 0 Å². The predicted molar refractivity (Wildman–Crippen MR) is 64.2 cm³/mol. The molecule has 2 atom stereocenters. The molecular weight excluding hydrogens is 217 g/mol. The van der Waals surface area contributed by atoms with Gasteiger partial charge in [0.05, 0.1) is 5.60 Å². The maximum absolute atomic E-state index is 13.1. The normalized spacial score (nSPS) is 36.1. The van der Waals surface area contributed by atoms with Gasteiger partial charge in [-0.05, 0) is 43.4 Å². The fourth-order valence-electron chi connectivity index (χ4n) is 3.40. The fraction of sp³-hybridized carbons (Fsp3) is 0.571. The van der Waals surface area contributed by atoms with E-state index >= 15 is 0 Å². The van der Waals surface area contributed by atoms with Crippen LogP contribution in [0.3, 0.4) is 0 Å². The lowest BCUT2D eigenvalue weighted by atomic mass is 9.82. The molecular formula is C14H18FNO. The third-order valence-electron chi connectivity index (χ3n) is 4.01. The lowest BCUT2D eigenvalue weighted by Gasteiger charge is -2.37. The first-order valence-electron chi connectivity index (χ1n) is 6.36. The number of nitrogens with one attached hydrogen (secondary N) is 1. The fourth-order valence-corrected chi connectivity index (χ4v) is 3.40. The number of fused-ring (bicyclic) bond motifs is 2. The van der Waals surface area contributed by atoms with Crippen molar-refractivity contribution in [2.75, 3.05) is 0 Å². The number of hydrogen-bond acceptors (Lipinski definition) is 2. The highest BCUT2D eigenvalue weighted by Crippen LogP contribution is 2.36. The topological polar surface area (TPSA) is 32.3 Å². The lowest BCUT2D eigenvalue weighted by Crippen LogP contribution is -2.49. The monoisotopic (exact) mass is 235 g/mol. The number of benzene rings is 1. The largest absolute Gasteiger partial charge is 0.389 e. The van der Waals surface area contributed by atoms with Crippen molar-refractivity contribution in [3.63, 3.8) is 0 Å². The van der Waals surface area contributed by atoms with Gasteiger partial charge < -0.3 is 10.4 Å². The van der Waals surface area contributed by atoms with E-state index in [0.29, 0.717) is 18.5 Å². The highest BCUT2D eigenvalue weighted by molar-refractivity contribution is 5.19. The van der Waals surface area contributed by atoms with Gasteiger partial charge >= 0.3 is 0 Å². The Morgan fingerprint density at radius 3 is 2.65 bits per heavy atom.